The first-order chi connectivity index (χ1) is 20.3. The molecule has 5 aromatic carbocycles. The second kappa shape index (κ2) is 9.45. The highest BCUT2D eigenvalue weighted by Crippen LogP contribution is 2.56. The zero-order valence-electron chi connectivity index (χ0n) is 21.9. The average molecular weight is 566 g/mol. The number of hydrogen-bond donors (Lipinski definition) is 0. The molecule has 0 radical (unpaired) electrons. The Bertz CT molecular complexity index is 1850. The van der Waals surface area contributed by atoms with E-state index in [1.54, 1.807) is 103 Å². The van der Waals surface area contributed by atoms with Crippen LogP contribution in [0.5, 0.6) is 0 Å². The van der Waals surface area contributed by atoms with Crippen LogP contribution in [0.3, 0.4) is 0 Å². The molecule has 0 fully saturated rings. The van der Waals surface area contributed by atoms with Crippen molar-refractivity contribution in [3.05, 3.63) is 142 Å². The topological polar surface area (TPSA) is 30.3 Å². The van der Waals surface area contributed by atoms with Crippen LogP contribution in [0.2, 0.25) is 0 Å². The summed E-state index contributed by atoms with van der Waals surface area (Å²) in [4.78, 5) is 2.39. The minimum atomic E-state index is -5.19. The van der Waals surface area contributed by atoms with Crippen molar-refractivity contribution in [2.75, 3.05) is 9.80 Å². The third kappa shape index (κ3) is 3.77. The lowest BCUT2D eigenvalue weighted by Gasteiger charge is -2.39. The fourth-order valence-corrected chi connectivity index (χ4v) is 6.13. The van der Waals surface area contributed by atoms with Gasteiger partial charge in [-0.1, -0.05) is 72.8 Å². The number of nitrogens with zero attached hydrogens (tertiary/aromatic N) is 3. The average Bonchev–Trinajstić information content (AvgIpc) is 2.99. The van der Waals surface area contributed by atoms with Crippen LogP contribution in [-0.4, -0.2) is 0 Å². The number of halogens is 5. The number of hydrogen-bond acceptors (Lipinski definition) is 3. The molecule has 2 heterocycles. The Labute approximate surface area is 238 Å². The third-order valence-corrected chi connectivity index (χ3v) is 7.86. The molecule has 0 aliphatic carbocycles. The van der Waals surface area contributed by atoms with Gasteiger partial charge in [0.15, 0.2) is 11.6 Å². The predicted octanol–water partition coefficient (Wildman–Crippen LogP) is 9.60. The summed E-state index contributed by atoms with van der Waals surface area (Å²) in [6, 6.07) is 28.7. The second-order valence-corrected chi connectivity index (χ2v) is 10.2. The lowest BCUT2D eigenvalue weighted by atomic mass is 9.91. The Morgan fingerprint density at radius 1 is 0.548 bits per heavy atom. The first kappa shape index (κ1) is 25.8. The van der Waals surface area contributed by atoms with Gasteiger partial charge in [-0.15, -0.1) is 0 Å². The number of nitriles is 1. The van der Waals surface area contributed by atoms with Gasteiger partial charge in [-0.3, -0.25) is 0 Å². The minimum absolute atomic E-state index is 0.301. The normalized spacial score (nSPS) is 13.5. The maximum absolute atomic E-state index is 16.3. The van der Waals surface area contributed by atoms with Crippen molar-refractivity contribution in [3.8, 4) is 6.07 Å². The van der Waals surface area contributed by atoms with Crippen LogP contribution in [-0.2, 0) is 19.0 Å². The summed E-state index contributed by atoms with van der Waals surface area (Å²) < 4.78 is 78.8. The van der Waals surface area contributed by atoms with E-state index in [0.29, 0.717) is 57.8 Å². The molecule has 2 aliphatic rings. The summed E-state index contributed by atoms with van der Waals surface area (Å²) in [7, 11) is 0. The molecule has 0 spiro atoms. The molecule has 0 atom stereocenters. The molecule has 0 saturated heterocycles. The van der Waals surface area contributed by atoms with E-state index in [2.05, 4.69) is 0 Å². The zero-order valence-corrected chi connectivity index (χ0v) is 21.9. The van der Waals surface area contributed by atoms with Crippen LogP contribution < -0.4 is 9.80 Å². The third-order valence-electron chi connectivity index (χ3n) is 7.86. The number of anilines is 6. The molecule has 0 unspecified atom stereocenters. The molecule has 5 aromatic rings. The maximum Gasteiger partial charge on any atom is 0.420 e. The van der Waals surface area contributed by atoms with Crippen molar-refractivity contribution in [1.82, 2.24) is 0 Å². The lowest BCUT2D eigenvalue weighted by Crippen LogP contribution is -2.28. The Morgan fingerprint density at radius 2 is 0.905 bits per heavy atom. The van der Waals surface area contributed by atoms with Gasteiger partial charge >= 0.3 is 6.18 Å². The first-order valence-corrected chi connectivity index (χ1v) is 13.2. The van der Waals surface area contributed by atoms with Crippen molar-refractivity contribution in [1.29, 1.82) is 5.26 Å². The maximum atomic E-state index is 16.3. The van der Waals surface area contributed by atoms with E-state index in [1.165, 1.54) is 4.90 Å². The van der Waals surface area contributed by atoms with E-state index < -0.39 is 40.3 Å². The molecule has 7 rings (SSSR count). The highest BCUT2D eigenvalue weighted by Gasteiger charge is 2.47. The predicted molar refractivity (Wildman–Crippen MR) is 151 cm³/mol. The van der Waals surface area contributed by atoms with Crippen LogP contribution in [0, 0.1) is 23.0 Å². The highest BCUT2D eigenvalue weighted by molar-refractivity contribution is 5.94. The summed E-state index contributed by atoms with van der Waals surface area (Å²) in [5.74, 6) is -3.38. The molecule has 0 saturated carbocycles. The molecular formula is C34H20F5N3. The Balaban J connectivity index is 1.65. The van der Waals surface area contributed by atoms with Gasteiger partial charge in [0.25, 0.3) is 0 Å². The Hall–Kier alpha value is -5.16. The summed E-state index contributed by atoms with van der Waals surface area (Å²) >= 11 is 0. The fraction of sp³-hybridized carbons (Fsp3) is 0.0882. The van der Waals surface area contributed by atoms with E-state index in [0.717, 1.165) is 4.90 Å². The highest BCUT2D eigenvalue weighted by atomic mass is 19.4. The van der Waals surface area contributed by atoms with Crippen molar-refractivity contribution < 1.29 is 22.0 Å². The molecule has 2 aliphatic heterocycles. The van der Waals surface area contributed by atoms with E-state index in [1.807, 2.05) is 0 Å². The fourth-order valence-electron chi connectivity index (χ4n) is 6.13. The van der Waals surface area contributed by atoms with E-state index in [9.17, 15) is 5.26 Å². The van der Waals surface area contributed by atoms with E-state index >= 15 is 22.0 Å². The molecule has 0 N–H and O–H groups in total. The van der Waals surface area contributed by atoms with Crippen molar-refractivity contribution >= 4 is 34.1 Å². The van der Waals surface area contributed by atoms with Gasteiger partial charge in [-0.05, 0) is 46.5 Å². The summed E-state index contributed by atoms with van der Waals surface area (Å²) in [5, 5.41) is 10.1. The summed E-state index contributed by atoms with van der Waals surface area (Å²) in [6.45, 7) is 0. The number of para-hydroxylation sites is 4. The SMILES string of the molecule is N#Cc1c(F)c(F)c(N2c3ccccc3Cc3ccccc32)c(C(F)(F)F)c1N1c2ccccc2Cc2ccccc21. The number of rotatable bonds is 2. The van der Waals surface area contributed by atoms with Crippen LogP contribution >= 0.6 is 0 Å². The molecule has 0 aromatic heterocycles. The molecule has 0 amide bonds. The summed E-state index contributed by atoms with van der Waals surface area (Å²) in [6.07, 6.45) is -4.35. The zero-order chi connectivity index (χ0) is 29.2. The quantitative estimate of drug-likeness (QED) is 0.196. The molecule has 3 nitrogen and oxygen atoms in total. The van der Waals surface area contributed by atoms with Crippen molar-refractivity contribution in [2.45, 2.75) is 19.0 Å². The van der Waals surface area contributed by atoms with Crippen molar-refractivity contribution in [3.63, 3.8) is 0 Å². The molecule has 206 valence electrons. The van der Waals surface area contributed by atoms with E-state index in [4.69, 9.17) is 0 Å². The number of benzene rings is 5. The van der Waals surface area contributed by atoms with Gasteiger partial charge < -0.3 is 9.80 Å². The van der Waals surface area contributed by atoms with Crippen LogP contribution in [0.4, 0.5) is 56.1 Å². The molecular weight excluding hydrogens is 545 g/mol. The summed E-state index contributed by atoms with van der Waals surface area (Å²) in [5.41, 5.74) is -0.194. The largest absolute Gasteiger partial charge is 0.420 e. The second-order valence-electron chi connectivity index (χ2n) is 10.2. The van der Waals surface area contributed by atoms with Gasteiger partial charge in [0.05, 0.1) is 11.4 Å². The number of alkyl halides is 3. The smallest absolute Gasteiger partial charge is 0.308 e. The van der Waals surface area contributed by atoms with Gasteiger partial charge in [0.2, 0.25) is 0 Å². The van der Waals surface area contributed by atoms with Gasteiger partial charge in [0, 0.05) is 35.6 Å². The van der Waals surface area contributed by atoms with E-state index in [-0.39, 0.29) is 0 Å². The Morgan fingerprint density at radius 3 is 1.26 bits per heavy atom. The minimum Gasteiger partial charge on any atom is -0.308 e. The molecule has 0 bridgehead atoms. The van der Waals surface area contributed by atoms with Gasteiger partial charge in [-0.2, -0.15) is 18.4 Å². The van der Waals surface area contributed by atoms with Crippen LogP contribution in [0.25, 0.3) is 0 Å². The van der Waals surface area contributed by atoms with Crippen molar-refractivity contribution in [2.24, 2.45) is 0 Å². The number of fused-ring (bicyclic) bond motifs is 4. The monoisotopic (exact) mass is 565 g/mol. The van der Waals surface area contributed by atoms with Gasteiger partial charge in [-0.25, -0.2) is 8.78 Å². The van der Waals surface area contributed by atoms with Crippen LogP contribution in [0.1, 0.15) is 33.4 Å². The standard InChI is InChI=1S/C34H20F5N3/c35-30-24(19-40)32(41-25-13-5-1-9-20(25)17-21-10-2-6-14-26(21)41)29(34(37,38)39)33(31(30)36)42-27-15-7-3-11-22(27)18-23-12-4-8-16-28(23)42/h1-16H,17-18H2. The van der Waals surface area contributed by atoms with Gasteiger partial charge in [0.1, 0.15) is 17.2 Å². The van der Waals surface area contributed by atoms with Crippen LogP contribution in [0.15, 0.2) is 97.1 Å². The first-order valence-electron chi connectivity index (χ1n) is 13.2. The molecule has 42 heavy (non-hydrogen) atoms. The molecule has 8 heteroatoms. The Kier molecular flexibility index (Phi) is 5.80. The lowest BCUT2D eigenvalue weighted by molar-refractivity contribution is -0.136.